The summed E-state index contributed by atoms with van der Waals surface area (Å²) in [6.45, 7) is 1.67. The fourth-order valence-electron chi connectivity index (χ4n) is 1.18. The Balaban J connectivity index is 2.41. The third kappa shape index (κ3) is 4.21. The van der Waals surface area contributed by atoms with E-state index in [9.17, 15) is 13.2 Å². The van der Waals surface area contributed by atoms with Crippen LogP contribution in [0.15, 0.2) is 12.1 Å². The van der Waals surface area contributed by atoms with Crippen molar-refractivity contribution in [1.82, 2.24) is 5.32 Å². The molecule has 88 valence electrons. The van der Waals surface area contributed by atoms with Crippen LogP contribution in [0.2, 0.25) is 0 Å². The van der Waals surface area contributed by atoms with Gasteiger partial charge < -0.3 is 5.32 Å². The van der Waals surface area contributed by atoms with E-state index in [1.54, 1.807) is 19.1 Å². The molecule has 0 saturated heterocycles. The van der Waals surface area contributed by atoms with Gasteiger partial charge in [0.15, 0.2) is 0 Å². The van der Waals surface area contributed by atoms with Gasteiger partial charge in [0.1, 0.15) is 10.9 Å². The van der Waals surface area contributed by atoms with E-state index in [0.29, 0.717) is 4.88 Å². The van der Waals surface area contributed by atoms with Crippen molar-refractivity contribution in [3.8, 4) is 6.07 Å². The van der Waals surface area contributed by atoms with Gasteiger partial charge in [-0.25, -0.2) is 0 Å². The van der Waals surface area contributed by atoms with Gasteiger partial charge in [-0.1, -0.05) is 0 Å². The topological polar surface area (TPSA) is 35.8 Å². The van der Waals surface area contributed by atoms with Crippen LogP contribution in [0.5, 0.6) is 0 Å². The zero-order valence-electron chi connectivity index (χ0n) is 8.64. The highest BCUT2D eigenvalue weighted by atomic mass is 32.1. The SMILES string of the molecule is CC(NCCC(F)(F)F)c1ccc(C#N)s1. The van der Waals surface area contributed by atoms with Crippen molar-refractivity contribution < 1.29 is 13.2 Å². The van der Waals surface area contributed by atoms with Gasteiger partial charge >= 0.3 is 6.18 Å². The largest absolute Gasteiger partial charge is 0.390 e. The van der Waals surface area contributed by atoms with Crippen molar-refractivity contribution in [2.45, 2.75) is 25.6 Å². The summed E-state index contributed by atoms with van der Waals surface area (Å²) in [5, 5.41) is 11.4. The smallest absolute Gasteiger partial charge is 0.309 e. The summed E-state index contributed by atoms with van der Waals surface area (Å²) in [6, 6.07) is 5.26. The summed E-state index contributed by atoms with van der Waals surface area (Å²) in [5.41, 5.74) is 0. The van der Waals surface area contributed by atoms with Crippen LogP contribution in [0.25, 0.3) is 0 Å². The monoisotopic (exact) mass is 248 g/mol. The van der Waals surface area contributed by atoms with Gasteiger partial charge in [0, 0.05) is 17.5 Å². The van der Waals surface area contributed by atoms with E-state index in [0.717, 1.165) is 4.88 Å². The van der Waals surface area contributed by atoms with Crippen molar-refractivity contribution in [3.05, 3.63) is 21.9 Å². The summed E-state index contributed by atoms with van der Waals surface area (Å²) in [7, 11) is 0. The first-order chi connectivity index (χ1) is 7.42. The molecule has 0 fully saturated rings. The molecule has 1 aromatic heterocycles. The second kappa shape index (κ2) is 5.32. The molecular weight excluding hydrogens is 237 g/mol. The second-order valence-electron chi connectivity index (χ2n) is 3.35. The van der Waals surface area contributed by atoms with E-state index in [2.05, 4.69) is 5.32 Å². The van der Waals surface area contributed by atoms with Gasteiger partial charge in [-0.2, -0.15) is 18.4 Å². The molecule has 1 rings (SSSR count). The van der Waals surface area contributed by atoms with Crippen LogP contribution in [0.3, 0.4) is 0 Å². The summed E-state index contributed by atoms with van der Waals surface area (Å²) in [6.07, 6.45) is -4.96. The number of rotatable bonds is 4. The predicted molar refractivity (Wildman–Crippen MR) is 56.1 cm³/mol. The van der Waals surface area contributed by atoms with Gasteiger partial charge in [0.25, 0.3) is 0 Å². The molecule has 0 amide bonds. The Morgan fingerprint density at radius 2 is 2.19 bits per heavy atom. The van der Waals surface area contributed by atoms with Crippen LogP contribution in [-0.2, 0) is 0 Å². The lowest BCUT2D eigenvalue weighted by atomic mass is 10.2. The fourth-order valence-corrected chi connectivity index (χ4v) is 2.01. The maximum atomic E-state index is 11.9. The van der Waals surface area contributed by atoms with Crippen LogP contribution < -0.4 is 5.32 Å². The van der Waals surface area contributed by atoms with E-state index in [4.69, 9.17) is 5.26 Å². The summed E-state index contributed by atoms with van der Waals surface area (Å²) in [4.78, 5) is 1.44. The third-order valence-corrected chi connectivity index (χ3v) is 3.20. The first-order valence-electron chi connectivity index (χ1n) is 4.72. The van der Waals surface area contributed by atoms with Gasteiger partial charge in [0.2, 0.25) is 0 Å². The number of nitriles is 1. The Labute approximate surface area is 95.7 Å². The highest BCUT2D eigenvalue weighted by molar-refractivity contribution is 7.12. The molecule has 1 heterocycles. The number of nitrogens with zero attached hydrogens (tertiary/aromatic N) is 1. The normalized spacial score (nSPS) is 13.4. The minimum atomic E-state index is -4.13. The van der Waals surface area contributed by atoms with Gasteiger partial charge in [-0.15, -0.1) is 11.3 Å². The standard InChI is InChI=1S/C10H11F3N2S/c1-7(15-5-4-10(11,12)13)9-3-2-8(6-14)16-9/h2-3,7,15H,4-5H2,1H3. The Morgan fingerprint density at radius 3 is 2.69 bits per heavy atom. The number of hydrogen-bond acceptors (Lipinski definition) is 3. The average molecular weight is 248 g/mol. The van der Waals surface area contributed by atoms with E-state index in [1.807, 2.05) is 6.07 Å². The van der Waals surface area contributed by atoms with E-state index in [-0.39, 0.29) is 12.6 Å². The maximum absolute atomic E-state index is 11.9. The molecule has 2 nitrogen and oxygen atoms in total. The summed E-state index contributed by atoms with van der Waals surface area (Å²) < 4.78 is 35.7. The number of halogens is 3. The van der Waals surface area contributed by atoms with Crippen LogP contribution >= 0.6 is 11.3 Å². The van der Waals surface area contributed by atoms with Crippen molar-refractivity contribution >= 4 is 11.3 Å². The molecule has 6 heteroatoms. The van der Waals surface area contributed by atoms with Gasteiger partial charge in [-0.3, -0.25) is 0 Å². The van der Waals surface area contributed by atoms with Crippen molar-refractivity contribution in [2.24, 2.45) is 0 Å². The van der Waals surface area contributed by atoms with Crippen molar-refractivity contribution in [1.29, 1.82) is 5.26 Å². The highest BCUT2D eigenvalue weighted by Crippen LogP contribution is 2.23. The summed E-state index contributed by atoms with van der Waals surface area (Å²) >= 11 is 1.29. The summed E-state index contributed by atoms with van der Waals surface area (Å²) in [5.74, 6) is 0. The van der Waals surface area contributed by atoms with Crippen LogP contribution in [0, 0.1) is 11.3 Å². The van der Waals surface area contributed by atoms with Gasteiger partial charge in [0.05, 0.1) is 6.42 Å². The molecule has 0 aliphatic carbocycles. The van der Waals surface area contributed by atoms with Crippen molar-refractivity contribution in [2.75, 3.05) is 6.54 Å². The second-order valence-corrected chi connectivity index (χ2v) is 4.47. The van der Waals surface area contributed by atoms with E-state index >= 15 is 0 Å². The molecule has 1 aromatic rings. The first-order valence-corrected chi connectivity index (χ1v) is 5.54. The quantitative estimate of drug-likeness (QED) is 0.888. The van der Waals surface area contributed by atoms with Crippen LogP contribution in [0.1, 0.15) is 29.1 Å². The molecule has 0 spiro atoms. The Bertz CT molecular complexity index is 378. The van der Waals surface area contributed by atoms with Crippen LogP contribution in [0.4, 0.5) is 13.2 Å². The lowest BCUT2D eigenvalue weighted by molar-refractivity contribution is -0.133. The number of thiophene rings is 1. The van der Waals surface area contributed by atoms with Crippen molar-refractivity contribution in [3.63, 3.8) is 0 Å². The molecule has 0 radical (unpaired) electrons. The molecule has 0 bridgehead atoms. The van der Waals surface area contributed by atoms with E-state index in [1.165, 1.54) is 11.3 Å². The highest BCUT2D eigenvalue weighted by Gasteiger charge is 2.26. The zero-order chi connectivity index (χ0) is 12.2. The molecule has 0 saturated carbocycles. The lowest BCUT2D eigenvalue weighted by Crippen LogP contribution is -2.23. The molecule has 1 N–H and O–H groups in total. The minimum Gasteiger partial charge on any atom is -0.309 e. The van der Waals surface area contributed by atoms with Gasteiger partial charge in [-0.05, 0) is 19.1 Å². The molecule has 0 aromatic carbocycles. The third-order valence-electron chi connectivity index (χ3n) is 2.02. The minimum absolute atomic E-state index is 0.107. The number of alkyl halides is 3. The Hall–Kier alpha value is -1.06. The molecule has 0 aliphatic heterocycles. The average Bonchev–Trinajstić information content (AvgIpc) is 2.63. The molecule has 16 heavy (non-hydrogen) atoms. The zero-order valence-corrected chi connectivity index (χ0v) is 9.45. The van der Waals surface area contributed by atoms with E-state index < -0.39 is 12.6 Å². The molecule has 0 aliphatic rings. The predicted octanol–water partition coefficient (Wildman–Crippen LogP) is 3.22. The lowest BCUT2D eigenvalue weighted by Gasteiger charge is -2.12. The number of hydrogen-bond donors (Lipinski definition) is 1. The number of nitrogens with one attached hydrogen (secondary N) is 1. The molecular formula is C10H11F3N2S. The Morgan fingerprint density at radius 1 is 1.50 bits per heavy atom. The Kier molecular flexibility index (Phi) is 4.33. The molecule has 1 atom stereocenters. The van der Waals surface area contributed by atoms with Crippen LogP contribution in [-0.4, -0.2) is 12.7 Å². The molecule has 1 unspecified atom stereocenters. The maximum Gasteiger partial charge on any atom is 0.390 e. The first kappa shape index (κ1) is 13.0. The fraction of sp³-hybridized carbons (Fsp3) is 0.500.